The number of esters is 1. The first-order valence-corrected chi connectivity index (χ1v) is 9.88. The molecule has 2 fully saturated rings. The van der Waals surface area contributed by atoms with Crippen LogP contribution < -0.4 is 14.5 Å². The van der Waals surface area contributed by atoms with Crippen molar-refractivity contribution in [3.05, 3.63) is 53.6 Å². The molecule has 30 heavy (non-hydrogen) atoms. The summed E-state index contributed by atoms with van der Waals surface area (Å²) in [5, 5.41) is 0. The molecule has 0 bridgehead atoms. The van der Waals surface area contributed by atoms with E-state index in [1.807, 2.05) is 32.0 Å². The van der Waals surface area contributed by atoms with Gasteiger partial charge in [-0.2, -0.15) is 0 Å². The van der Waals surface area contributed by atoms with Crippen LogP contribution in [0, 0.1) is 19.8 Å². The number of carbonyl (C=O) groups is 4. The molecule has 7 heteroatoms. The zero-order valence-electron chi connectivity index (χ0n) is 16.9. The molecule has 2 aromatic carbocycles. The Labute approximate surface area is 174 Å². The molecule has 7 nitrogen and oxygen atoms in total. The van der Waals surface area contributed by atoms with E-state index in [2.05, 4.69) is 0 Å². The maximum atomic E-state index is 12.7. The molecule has 0 aliphatic carbocycles. The van der Waals surface area contributed by atoms with Crippen LogP contribution in [0.5, 0.6) is 5.75 Å². The number of benzene rings is 2. The van der Waals surface area contributed by atoms with Crippen LogP contribution in [0.2, 0.25) is 0 Å². The number of nitrogens with zero attached hydrogens (tertiary/aromatic N) is 2. The van der Waals surface area contributed by atoms with Crippen molar-refractivity contribution in [3.63, 3.8) is 0 Å². The molecule has 1 atom stereocenters. The van der Waals surface area contributed by atoms with E-state index in [-0.39, 0.29) is 49.3 Å². The van der Waals surface area contributed by atoms with Crippen molar-refractivity contribution in [3.8, 4) is 5.75 Å². The smallest absolute Gasteiger partial charge is 0.316 e. The summed E-state index contributed by atoms with van der Waals surface area (Å²) in [7, 11) is 0. The molecule has 3 amide bonds. The van der Waals surface area contributed by atoms with Crippen LogP contribution in [0.3, 0.4) is 0 Å². The van der Waals surface area contributed by atoms with Crippen molar-refractivity contribution in [2.75, 3.05) is 16.3 Å². The predicted octanol–water partition coefficient (Wildman–Crippen LogP) is 2.92. The molecule has 0 saturated carbocycles. The minimum atomic E-state index is -0.586. The summed E-state index contributed by atoms with van der Waals surface area (Å²) >= 11 is 0. The zero-order chi connectivity index (χ0) is 21.4. The van der Waals surface area contributed by atoms with Crippen molar-refractivity contribution in [1.29, 1.82) is 0 Å². The second-order valence-electron chi connectivity index (χ2n) is 7.74. The van der Waals surface area contributed by atoms with Crippen LogP contribution in [0.15, 0.2) is 42.5 Å². The first kappa shape index (κ1) is 19.8. The Hall–Kier alpha value is -3.48. The molecule has 2 aliphatic heterocycles. The molecule has 0 N–H and O–H groups in total. The van der Waals surface area contributed by atoms with Gasteiger partial charge in [-0.15, -0.1) is 0 Å². The van der Waals surface area contributed by atoms with Crippen molar-refractivity contribution < 1.29 is 23.9 Å². The molecular weight excluding hydrogens is 384 g/mol. The summed E-state index contributed by atoms with van der Waals surface area (Å²) in [6.45, 7) is 4.18. The number of hydrogen-bond acceptors (Lipinski definition) is 5. The fourth-order valence-electron chi connectivity index (χ4n) is 3.96. The van der Waals surface area contributed by atoms with Gasteiger partial charge in [0.15, 0.2) is 0 Å². The Kier molecular flexibility index (Phi) is 5.11. The molecule has 0 spiro atoms. The van der Waals surface area contributed by atoms with E-state index in [4.69, 9.17) is 4.74 Å². The van der Waals surface area contributed by atoms with E-state index >= 15 is 0 Å². The summed E-state index contributed by atoms with van der Waals surface area (Å²) in [6, 6.07) is 12.2. The van der Waals surface area contributed by atoms with E-state index in [1.165, 1.54) is 6.07 Å². The van der Waals surface area contributed by atoms with Crippen molar-refractivity contribution in [2.24, 2.45) is 5.92 Å². The van der Waals surface area contributed by atoms with E-state index in [0.717, 1.165) is 21.7 Å². The average molecular weight is 406 g/mol. The van der Waals surface area contributed by atoms with Gasteiger partial charge in [0.25, 0.3) is 0 Å². The second kappa shape index (κ2) is 7.74. The normalized spacial score (nSPS) is 19.0. The standard InChI is InChI=1S/C23H22N2O5/c1-14-6-7-19(15(2)10-14)24-13-16(11-22(24)28)23(29)30-18-5-3-4-17(12-18)25-20(26)8-9-21(25)27/h3-7,10,12,16H,8-9,11,13H2,1-2H3/t16-/m0/s1. The lowest BCUT2D eigenvalue weighted by atomic mass is 10.1. The molecular formula is C23H22N2O5. The average Bonchev–Trinajstić information content (AvgIpc) is 3.24. The van der Waals surface area contributed by atoms with Gasteiger partial charge in [0.2, 0.25) is 17.7 Å². The molecule has 2 heterocycles. The Balaban J connectivity index is 1.47. The zero-order valence-corrected chi connectivity index (χ0v) is 16.9. The van der Waals surface area contributed by atoms with Gasteiger partial charge in [-0.1, -0.05) is 23.8 Å². The second-order valence-corrected chi connectivity index (χ2v) is 7.74. The van der Waals surface area contributed by atoms with Crippen molar-refractivity contribution >= 4 is 35.1 Å². The molecule has 0 aromatic heterocycles. The first-order valence-electron chi connectivity index (χ1n) is 9.88. The third-order valence-corrected chi connectivity index (χ3v) is 5.45. The quantitative estimate of drug-likeness (QED) is 0.443. The van der Waals surface area contributed by atoms with E-state index in [1.54, 1.807) is 23.1 Å². The Bertz CT molecular complexity index is 1050. The molecule has 2 aromatic rings. The fraction of sp³-hybridized carbons (Fsp3) is 0.304. The summed E-state index contributed by atoms with van der Waals surface area (Å²) in [6.07, 6.45) is 0.442. The van der Waals surface area contributed by atoms with Gasteiger partial charge >= 0.3 is 5.97 Å². The fourth-order valence-corrected chi connectivity index (χ4v) is 3.96. The van der Waals surface area contributed by atoms with Gasteiger partial charge in [0, 0.05) is 37.6 Å². The lowest BCUT2D eigenvalue weighted by molar-refractivity contribution is -0.139. The Morgan fingerprint density at radius 3 is 2.40 bits per heavy atom. The van der Waals surface area contributed by atoms with Gasteiger partial charge in [0.05, 0.1) is 11.6 Å². The lowest BCUT2D eigenvalue weighted by Gasteiger charge is -2.19. The van der Waals surface area contributed by atoms with E-state index in [9.17, 15) is 19.2 Å². The maximum absolute atomic E-state index is 12.7. The minimum absolute atomic E-state index is 0.0783. The first-order chi connectivity index (χ1) is 14.3. The SMILES string of the molecule is Cc1ccc(N2C[C@@H](C(=O)Oc3cccc(N4C(=O)CCC4=O)c3)CC2=O)c(C)c1. The number of ether oxygens (including phenoxy) is 1. The largest absolute Gasteiger partial charge is 0.426 e. The monoisotopic (exact) mass is 406 g/mol. The van der Waals surface area contributed by atoms with Crippen LogP contribution in [-0.2, 0) is 19.2 Å². The van der Waals surface area contributed by atoms with Crippen LogP contribution in [0.1, 0.15) is 30.4 Å². The summed E-state index contributed by atoms with van der Waals surface area (Å²) in [5.74, 6) is -1.51. The van der Waals surface area contributed by atoms with Gasteiger partial charge < -0.3 is 9.64 Å². The molecule has 0 radical (unpaired) electrons. The van der Waals surface area contributed by atoms with Gasteiger partial charge in [0.1, 0.15) is 5.75 Å². The number of aryl methyl sites for hydroxylation is 2. The van der Waals surface area contributed by atoms with Crippen LogP contribution in [0.25, 0.3) is 0 Å². The number of carbonyl (C=O) groups excluding carboxylic acids is 4. The highest BCUT2D eigenvalue weighted by molar-refractivity contribution is 6.19. The van der Waals surface area contributed by atoms with Crippen LogP contribution in [0.4, 0.5) is 11.4 Å². The number of amides is 3. The van der Waals surface area contributed by atoms with E-state index < -0.39 is 11.9 Å². The van der Waals surface area contributed by atoms with Gasteiger partial charge in [-0.3, -0.25) is 24.1 Å². The lowest BCUT2D eigenvalue weighted by Crippen LogP contribution is -2.29. The summed E-state index contributed by atoms with van der Waals surface area (Å²) in [5.41, 5.74) is 3.26. The molecule has 0 unspecified atom stereocenters. The third kappa shape index (κ3) is 3.70. The number of anilines is 2. The van der Waals surface area contributed by atoms with Crippen molar-refractivity contribution in [1.82, 2.24) is 0 Å². The van der Waals surface area contributed by atoms with E-state index in [0.29, 0.717) is 5.69 Å². The highest BCUT2D eigenvalue weighted by atomic mass is 16.5. The van der Waals surface area contributed by atoms with Crippen molar-refractivity contribution in [2.45, 2.75) is 33.1 Å². The predicted molar refractivity (Wildman–Crippen MR) is 110 cm³/mol. The Morgan fingerprint density at radius 1 is 0.967 bits per heavy atom. The number of imide groups is 1. The maximum Gasteiger partial charge on any atom is 0.316 e. The number of hydrogen-bond donors (Lipinski definition) is 0. The van der Waals surface area contributed by atoms with Gasteiger partial charge in [-0.05, 0) is 37.6 Å². The molecule has 154 valence electrons. The summed E-state index contributed by atoms with van der Waals surface area (Å²) in [4.78, 5) is 51.8. The Morgan fingerprint density at radius 2 is 1.70 bits per heavy atom. The topological polar surface area (TPSA) is 84.0 Å². The minimum Gasteiger partial charge on any atom is -0.426 e. The molecule has 2 saturated heterocycles. The number of rotatable bonds is 4. The summed E-state index contributed by atoms with van der Waals surface area (Å²) < 4.78 is 5.48. The molecule has 4 rings (SSSR count). The van der Waals surface area contributed by atoms with Crippen LogP contribution in [-0.4, -0.2) is 30.2 Å². The molecule has 2 aliphatic rings. The third-order valence-electron chi connectivity index (χ3n) is 5.45. The highest BCUT2D eigenvalue weighted by Gasteiger charge is 2.37. The van der Waals surface area contributed by atoms with Gasteiger partial charge in [-0.25, -0.2) is 0 Å². The highest BCUT2D eigenvalue weighted by Crippen LogP contribution is 2.31. The van der Waals surface area contributed by atoms with Crippen LogP contribution >= 0.6 is 0 Å².